The van der Waals surface area contributed by atoms with Gasteiger partial charge in [-0.25, -0.2) is 0 Å². The molecule has 2 saturated carbocycles. The Morgan fingerprint density at radius 2 is 1.93 bits per heavy atom. The highest BCUT2D eigenvalue weighted by molar-refractivity contribution is 4.92. The molecule has 2 nitrogen and oxygen atoms in total. The maximum atomic E-state index is 3.73. The van der Waals surface area contributed by atoms with Crippen LogP contribution in [-0.2, 0) is 0 Å². The average Bonchev–Trinajstić information content (AvgIpc) is 2.93. The van der Waals surface area contributed by atoms with Gasteiger partial charge in [0.05, 0.1) is 0 Å². The number of nitrogens with one attached hydrogen (secondary N) is 1. The molecule has 0 aromatic carbocycles. The third-order valence-electron chi connectivity index (χ3n) is 4.71. The molecule has 1 heterocycles. The van der Waals surface area contributed by atoms with Crippen molar-refractivity contribution in [1.29, 1.82) is 0 Å². The summed E-state index contributed by atoms with van der Waals surface area (Å²) in [6.07, 6.45) is 10.2. The summed E-state index contributed by atoms with van der Waals surface area (Å²) in [5.41, 5.74) is 0. The Hall–Kier alpha value is -0.0800. The van der Waals surface area contributed by atoms with Crippen molar-refractivity contribution in [2.24, 2.45) is 5.92 Å². The van der Waals surface area contributed by atoms with E-state index in [0.29, 0.717) is 0 Å². The van der Waals surface area contributed by atoms with Gasteiger partial charge in [0.15, 0.2) is 0 Å². The molecule has 2 atom stereocenters. The fourth-order valence-electron chi connectivity index (χ4n) is 3.84. The lowest BCUT2D eigenvalue weighted by molar-refractivity contribution is 0.211. The van der Waals surface area contributed by atoms with Crippen LogP contribution in [0.5, 0.6) is 0 Å². The topological polar surface area (TPSA) is 15.3 Å². The van der Waals surface area contributed by atoms with E-state index < -0.39 is 0 Å². The summed E-state index contributed by atoms with van der Waals surface area (Å²) in [5.74, 6) is 1.06. The summed E-state index contributed by atoms with van der Waals surface area (Å²) in [5, 5.41) is 3.73. The van der Waals surface area contributed by atoms with E-state index in [-0.39, 0.29) is 0 Å². The van der Waals surface area contributed by atoms with Crippen molar-refractivity contribution in [3.8, 4) is 0 Å². The van der Waals surface area contributed by atoms with Crippen LogP contribution < -0.4 is 5.32 Å². The molecule has 1 saturated heterocycles. The molecule has 0 aromatic rings. The number of rotatable bonds is 4. The summed E-state index contributed by atoms with van der Waals surface area (Å²) in [4.78, 5) is 2.73. The van der Waals surface area contributed by atoms with Crippen LogP contribution in [0.25, 0.3) is 0 Å². The van der Waals surface area contributed by atoms with Crippen molar-refractivity contribution < 1.29 is 0 Å². The van der Waals surface area contributed by atoms with Crippen LogP contribution in [-0.4, -0.2) is 36.6 Å². The van der Waals surface area contributed by atoms with Gasteiger partial charge in [0.2, 0.25) is 0 Å². The SMILES string of the molecule is C1CCC(NCCN2CC3CCC2C3)C1. The highest BCUT2D eigenvalue weighted by Crippen LogP contribution is 2.36. The molecule has 86 valence electrons. The number of piperidine rings is 1. The van der Waals surface area contributed by atoms with Crippen molar-refractivity contribution in [2.75, 3.05) is 19.6 Å². The summed E-state index contributed by atoms with van der Waals surface area (Å²) in [6.45, 7) is 3.93. The molecule has 3 rings (SSSR count). The molecule has 3 fully saturated rings. The maximum absolute atomic E-state index is 3.73. The van der Waals surface area contributed by atoms with E-state index in [4.69, 9.17) is 0 Å². The molecule has 2 bridgehead atoms. The second-order valence-electron chi connectivity index (χ2n) is 5.76. The number of likely N-dealkylation sites (tertiary alicyclic amines) is 1. The average molecular weight is 208 g/mol. The first-order valence-electron chi connectivity index (χ1n) is 6.89. The van der Waals surface area contributed by atoms with E-state index in [9.17, 15) is 0 Å². The monoisotopic (exact) mass is 208 g/mol. The van der Waals surface area contributed by atoms with Gasteiger partial charge in [0.25, 0.3) is 0 Å². The predicted octanol–water partition coefficient (Wildman–Crippen LogP) is 2.00. The maximum Gasteiger partial charge on any atom is 0.0110 e. The number of hydrogen-bond donors (Lipinski definition) is 1. The Morgan fingerprint density at radius 1 is 1.07 bits per heavy atom. The van der Waals surface area contributed by atoms with Crippen LogP contribution in [0.4, 0.5) is 0 Å². The summed E-state index contributed by atoms with van der Waals surface area (Å²) < 4.78 is 0. The van der Waals surface area contributed by atoms with Gasteiger partial charge in [0, 0.05) is 31.7 Å². The lowest BCUT2D eigenvalue weighted by atomic mass is 10.1. The van der Waals surface area contributed by atoms with Crippen LogP contribution in [0.1, 0.15) is 44.9 Å². The first-order valence-corrected chi connectivity index (χ1v) is 6.89. The van der Waals surface area contributed by atoms with E-state index in [2.05, 4.69) is 10.2 Å². The van der Waals surface area contributed by atoms with Crippen LogP contribution >= 0.6 is 0 Å². The van der Waals surface area contributed by atoms with Crippen molar-refractivity contribution in [3.05, 3.63) is 0 Å². The van der Waals surface area contributed by atoms with E-state index in [1.54, 1.807) is 0 Å². The van der Waals surface area contributed by atoms with Crippen LogP contribution in [0.3, 0.4) is 0 Å². The quantitative estimate of drug-likeness (QED) is 0.760. The van der Waals surface area contributed by atoms with Gasteiger partial charge in [-0.1, -0.05) is 12.8 Å². The zero-order chi connectivity index (χ0) is 10.1. The Balaban J connectivity index is 1.36. The summed E-state index contributed by atoms with van der Waals surface area (Å²) in [6, 6.07) is 1.81. The lowest BCUT2D eigenvalue weighted by Crippen LogP contribution is -2.39. The van der Waals surface area contributed by atoms with Gasteiger partial charge in [0.1, 0.15) is 0 Å². The predicted molar refractivity (Wildman–Crippen MR) is 63.0 cm³/mol. The molecule has 1 aliphatic heterocycles. The first kappa shape index (κ1) is 10.1. The van der Waals surface area contributed by atoms with Gasteiger partial charge < -0.3 is 5.32 Å². The molecule has 1 N–H and O–H groups in total. The van der Waals surface area contributed by atoms with Crippen molar-refractivity contribution in [2.45, 2.75) is 57.0 Å². The van der Waals surface area contributed by atoms with E-state index in [1.165, 1.54) is 64.6 Å². The normalized spacial score (nSPS) is 36.8. The molecule has 3 aliphatic rings. The molecule has 2 heteroatoms. The minimum absolute atomic E-state index is 0.852. The number of hydrogen-bond acceptors (Lipinski definition) is 2. The van der Waals surface area contributed by atoms with Gasteiger partial charge in [-0.05, 0) is 38.0 Å². The molecule has 15 heavy (non-hydrogen) atoms. The standard InChI is InChI=1S/C13H24N2/c1-2-4-12(3-1)14-7-8-15-10-11-5-6-13(15)9-11/h11-14H,1-10H2. The Kier molecular flexibility index (Phi) is 2.98. The van der Waals surface area contributed by atoms with Crippen LogP contribution in [0.2, 0.25) is 0 Å². The van der Waals surface area contributed by atoms with Crippen molar-refractivity contribution in [3.63, 3.8) is 0 Å². The molecule has 0 aromatic heterocycles. The third-order valence-corrected chi connectivity index (χ3v) is 4.71. The lowest BCUT2D eigenvalue weighted by Gasteiger charge is -2.27. The highest BCUT2D eigenvalue weighted by Gasteiger charge is 2.37. The zero-order valence-electron chi connectivity index (χ0n) is 9.75. The van der Waals surface area contributed by atoms with E-state index in [1.807, 2.05) is 0 Å². The fraction of sp³-hybridized carbons (Fsp3) is 1.00. The summed E-state index contributed by atoms with van der Waals surface area (Å²) in [7, 11) is 0. The zero-order valence-corrected chi connectivity index (χ0v) is 9.75. The van der Waals surface area contributed by atoms with Gasteiger partial charge in [-0.2, -0.15) is 0 Å². The largest absolute Gasteiger partial charge is 0.313 e. The van der Waals surface area contributed by atoms with Gasteiger partial charge in [-0.15, -0.1) is 0 Å². The first-order chi connectivity index (χ1) is 7.42. The summed E-state index contributed by atoms with van der Waals surface area (Å²) >= 11 is 0. The van der Waals surface area contributed by atoms with Gasteiger partial charge >= 0.3 is 0 Å². The highest BCUT2D eigenvalue weighted by atomic mass is 15.2. The minimum atomic E-state index is 0.852. The van der Waals surface area contributed by atoms with Gasteiger partial charge in [-0.3, -0.25) is 4.90 Å². The Labute approximate surface area is 93.4 Å². The van der Waals surface area contributed by atoms with Crippen molar-refractivity contribution in [1.82, 2.24) is 10.2 Å². The van der Waals surface area contributed by atoms with Crippen LogP contribution in [0.15, 0.2) is 0 Å². The van der Waals surface area contributed by atoms with E-state index in [0.717, 1.165) is 18.0 Å². The Bertz CT molecular complexity index is 211. The number of nitrogens with zero attached hydrogens (tertiary/aromatic N) is 1. The Morgan fingerprint density at radius 3 is 2.60 bits per heavy atom. The molecule has 0 amide bonds. The molecule has 2 unspecified atom stereocenters. The molecular formula is C13H24N2. The molecular weight excluding hydrogens is 184 g/mol. The molecule has 0 radical (unpaired) electrons. The van der Waals surface area contributed by atoms with Crippen molar-refractivity contribution >= 4 is 0 Å². The minimum Gasteiger partial charge on any atom is -0.313 e. The second kappa shape index (κ2) is 4.42. The number of fused-ring (bicyclic) bond motifs is 2. The van der Waals surface area contributed by atoms with Crippen LogP contribution in [0, 0.1) is 5.92 Å². The molecule has 2 aliphatic carbocycles. The fourth-order valence-corrected chi connectivity index (χ4v) is 3.84. The molecule has 0 spiro atoms. The van der Waals surface area contributed by atoms with E-state index >= 15 is 0 Å². The third kappa shape index (κ3) is 2.21. The smallest absolute Gasteiger partial charge is 0.0110 e. The second-order valence-corrected chi connectivity index (χ2v) is 5.76.